The average molecular weight is 438 g/mol. The number of hydrogen-bond donors (Lipinski definition) is 1. The number of sulfonamides is 1. The van der Waals surface area contributed by atoms with Gasteiger partial charge in [0.2, 0.25) is 10.0 Å². The molecule has 1 atom stereocenters. The molecule has 7 nitrogen and oxygen atoms in total. The van der Waals surface area contributed by atoms with Crippen molar-refractivity contribution in [3.63, 3.8) is 0 Å². The molecule has 0 spiro atoms. The zero-order chi connectivity index (χ0) is 18.2. The van der Waals surface area contributed by atoms with Gasteiger partial charge in [-0.15, -0.1) is 24.8 Å². The third-order valence-corrected chi connectivity index (χ3v) is 6.69. The minimum absolute atomic E-state index is 0. The number of rotatable bonds is 5. The van der Waals surface area contributed by atoms with E-state index in [0.717, 1.165) is 49.6 Å². The number of halogens is 2. The quantitative estimate of drug-likeness (QED) is 0.773. The molecular formula is C17H29Cl2N5O2S. The van der Waals surface area contributed by atoms with Gasteiger partial charge in [-0.3, -0.25) is 4.90 Å². The van der Waals surface area contributed by atoms with Crippen molar-refractivity contribution in [1.29, 1.82) is 0 Å². The van der Waals surface area contributed by atoms with E-state index < -0.39 is 10.0 Å². The van der Waals surface area contributed by atoms with Crippen LogP contribution in [0, 0.1) is 0 Å². The van der Waals surface area contributed by atoms with Gasteiger partial charge in [0.15, 0.2) is 0 Å². The van der Waals surface area contributed by atoms with Crippen LogP contribution in [0.5, 0.6) is 0 Å². The Balaban J connectivity index is 0.00000182. The Hall–Kier alpha value is -0.900. The van der Waals surface area contributed by atoms with Crippen molar-refractivity contribution in [2.45, 2.75) is 37.9 Å². The van der Waals surface area contributed by atoms with Crippen LogP contribution in [0.2, 0.25) is 0 Å². The summed E-state index contributed by atoms with van der Waals surface area (Å²) in [4.78, 5) is 7.47. The van der Waals surface area contributed by atoms with E-state index in [1.807, 2.05) is 6.07 Å². The Kier molecular flexibility index (Phi) is 8.53. The minimum Gasteiger partial charge on any atom is -0.327 e. The monoisotopic (exact) mass is 437 g/mol. The van der Waals surface area contributed by atoms with Crippen LogP contribution in [0.4, 0.5) is 0 Å². The standard InChI is InChI=1S/C17H27N5O2S.2ClH/c1-5-22-16-7-6-14(25(23,24)20(3)4)10-15(16)19-17(22)12-21-9-8-18-11-13(21)2;;/h6-7,10,13,18H,5,8-9,11-12H2,1-4H3;2*1H/t13-;;/m0../s1. The summed E-state index contributed by atoms with van der Waals surface area (Å²) in [7, 11) is -0.363. The Bertz CT molecular complexity index is 870. The van der Waals surface area contributed by atoms with E-state index in [9.17, 15) is 8.42 Å². The topological polar surface area (TPSA) is 70.5 Å². The molecule has 0 unspecified atom stereocenters. The van der Waals surface area contributed by atoms with Gasteiger partial charge in [-0.2, -0.15) is 0 Å². The average Bonchev–Trinajstić information content (AvgIpc) is 2.92. The summed E-state index contributed by atoms with van der Waals surface area (Å²) in [5, 5.41) is 3.40. The Morgan fingerprint density at radius 1 is 1.30 bits per heavy atom. The normalized spacial score (nSPS) is 18.3. The lowest BCUT2D eigenvalue weighted by Gasteiger charge is -2.33. The molecule has 1 N–H and O–H groups in total. The predicted molar refractivity (Wildman–Crippen MR) is 114 cm³/mol. The van der Waals surface area contributed by atoms with E-state index >= 15 is 0 Å². The number of nitrogens with zero attached hydrogens (tertiary/aromatic N) is 4. The molecule has 1 fully saturated rings. The van der Waals surface area contributed by atoms with Crippen LogP contribution in [0.25, 0.3) is 11.0 Å². The highest BCUT2D eigenvalue weighted by atomic mass is 35.5. The molecule has 27 heavy (non-hydrogen) atoms. The molecule has 0 aliphatic carbocycles. The second kappa shape index (κ2) is 9.54. The maximum Gasteiger partial charge on any atom is 0.242 e. The highest BCUT2D eigenvalue weighted by molar-refractivity contribution is 7.89. The number of benzene rings is 1. The van der Waals surface area contributed by atoms with Crippen molar-refractivity contribution in [2.75, 3.05) is 33.7 Å². The molecule has 3 rings (SSSR count). The number of aromatic nitrogens is 2. The molecule has 1 aliphatic rings. The molecule has 154 valence electrons. The molecule has 1 saturated heterocycles. The molecular weight excluding hydrogens is 409 g/mol. The fraction of sp³-hybridized carbons (Fsp3) is 0.588. The molecule has 0 amide bonds. The molecule has 1 aliphatic heterocycles. The smallest absolute Gasteiger partial charge is 0.242 e. The van der Waals surface area contributed by atoms with E-state index in [0.29, 0.717) is 6.04 Å². The zero-order valence-corrected chi connectivity index (χ0v) is 18.6. The number of fused-ring (bicyclic) bond motifs is 1. The predicted octanol–water partition coefficient (Wildman–Crippen LogP) is 1.94. The number of nitrogens with one attached hydrogen (secondary N) is 1. The van der Waals surface area contributed by atoms with Crippen molar-refractivity contribution < 1.29 is 8.42 Å². The molecule has 0 radical (unpaired) electrons. The van der Waals surface area contributed by atoms with Crippen LogP contribution in [-0.4, -0.2) is 66.9 Å². The van der Waals surface area contributed by atoms with E-state index in [-0.39, 0.29) is 29.7 Å². The summed E-state index contributed by atoms with van der Waals surface area (Å²) in [6, 6.07) is 5.68. The number of hydrogen-bond acceptors (Lipinski definition) is 5. The third-order valence-electron chi connectivity index (χ3n) is 4.88. The second-order valence-electron chi connectivity index (χ2n) is 6.73. The van der Waals surface area contributed by atoms with Gasteiger partial charge in [0.05, 0.1) is 22.5 Å². The van der Waals surface area contributed by atoms with Gasteiger partial charge >= 0.3 is 0 Å². The lowest BCUT2D eigenvalue weighted by atomic mass is 10.2. The highest BCUT2D eigenvalue weighted by Crippen LogP contribution is 2.23. The number of piperazine rings is 1. The van der Waals surface area contributed by atoms with Crippen molar-refractivity contribution in [3.05, 3.63) is 24.0 Å². The molecule has 2 heterocycles. The van der Waals surface area contributed by atoms with E-state index in [1.54, 1.807) is 26.2 Å². The van der Waals surface area contributed by atoms with Gasteiger partial charge in [0, 0.05) is 46.3 Å². The van der Waals surface area contributed by atoms with Crippen molar-refractivity contribution in [2.24, 2.45) is 0 Å². The van der Waals surface area contributed by atoms with Gasteiger partial charge < -0.3 is 9.88 Å². The third kappa shape index (κ3) is 4.75. The first-order chi connectivity index (χ1) is 11.8. The van der Waals surface area contributed by atoms with Gasteiger partial charge in [0.25, 0.3) is 0 Å². The van der Waals surface area contributed by atoms with E-state index in [4.69, 9.17) is 4.98 Å². The van der Waals surface area contributed by atoms with E-state index in [1.165, 1.54) is 4.31 Å². The fourth-order valence-corrected chi connectivity index (χ4v) is 4.23. The summed E-state index contributed by atoms with van der Waals surface area (Å²) in [5.74, 6) is 0.991. The van der Waals surface area contributed by atoms with Gasteiger partial charge in [0.1, 0.15) is 5.82 Å². The highest BCUT2D eigenvalue weighted by Gasteiger charge is 2.22. The maximum atomic E-state index is 12.4. The lowest BCUT2D eigenvalue weighted by molar-refractivity contribution is 0.160. The summed E-state index contributed by atoms with van der Waals surface area (Å²) in [5.41, 5.74) is 1.72. The second-order valence-corrected chi connectivity index (χ2v) is 8.89. The number of imidazole rings is 1. The largest absolute Gasteiger partial charge is 0.327 e. The molecule has 2 aromatic rings. The van der Waals surface area contributed by atoms with Crippen LogP contribution in [0.1, 0.15) is 19.7 Å². The Morgan fingerprint density at radius 2 is 2.00 bits per heavy atom. The first kappa shape index (κ1) is 24.1. The number of aryl methyl sites for hydroxylation is 1. The van der Waals surface area contributed by atoms with Crippen LogP contribution < -0.4 is 5.32 Å². The van der Waals surface area contributed by atoms with Crippen LogP contribution in [0.3, 0.4) is 0 Å². The lowest BCUT2D eigenvalue weighted by Crippen LogP contribution is -2.49. The van der Waals surface area contributed by atoms with E-state index in [2.05, 4.69) is 28.6 Å². The zero-order valence-electron chi connectivity index (χ0n) is 16.2. The fourth-order valence-electron chi connectivity index (χ4n) is 3.30. The Labute approximate surface area is 174 Å². The first-order valence-corrected chi connectivity index (χ1v) is 10.1. The van der Waals surface area contributed by atoms with Crippen LogP contribution in [-0.2, 0) is 23.1 Å². The van der Waals surface area contributed by atoms with Gasteiger partial charge in [-0.05, 0) is 32.0 Å². The Morgan fingerprint density at radius 3 is 2.59 bits per heavy atom. The molecule has 0 bridgehead atoms. The van der Waals surface area contributed by atoms with Gasteiger partial charge in [-0.25, -0.2) is 17.7 Å². The van der Waals surface area contributed by atoms with Gasteiger partial charge in [-0.1, -0.05) is 0 Å². The minimum atomic E-state index is -3.45. The summed E-state index contributed by atoms with van der Waals surface area (Å²) in [6.07, 6.45) is 0. The van der Waals surface area contributed by atoms with Crippen LogP contribution in [0.15, 0.2) is 23.1 Å². The molecule has 10 heteroatoms. The summed E-state index contributed by atoms with van der Waals surface area (Å²) < 4.78 is 28.2. The van der Waals surface area contributed by atoms with Crippen molar-refractivity contribution in [1.82, 2.24) is 24.1 Å². The van der Waals surface area contributed by atoms with Crippen molar-refractivity contribution >= 4 is 45.9 Å². The first-order valence-electron chi connectivity index (χ1n) is 8.71. The summed E-state index contributed by atoms with van der Waals surface area (Å²) in [6.45, 7) is 8.87. The SMILES string of the molecule is CCn1c(CN2CCNC[C@@H]2C)nc2cc(S(=O)(=O)N(C)C)ccc21.Cl.Cl. The van der Waals surface area contributed by atoms with Crippen molar-refractivity contribution in [3.8, 4) is 0 Å². The molecule has 0 saturated carbocycles. The van der Waals surface area contributed by atoms with Crippen LogP contribution >= 0.6 is 24.8 Å². The summed E-state index contributed by atoms with van der Waals surface area (Å²) >= 11 is 0. The maximum absolute atomic E-state index is 12.4. The molecule has 1 aromatic carbocycles. The molecule has 1 aromatic heterocycles.